The second-order valence-electron chi connectivity index (χ2n) is 9.35. The van der Waals surface area contributed by atoms with Crippen molar-refractivity contribution in [1.82, 2.24) is 19.7 Å². The Kier molecular flexibility index (Phi) is 6.35. The molecule has 3 fully saturated rings. The predicted octanol–water partition coefficient (Wildman–Crippen LogP) is 4.36. The quantitative estimate of drug-likeness (QED) is 0.412. The van der Waals surface area contributed by atoms with E-state index in [1.807, 2.05) is 0 Å². The molecule has 2 aliphatic heterocycles. The molecule has 1 aromatic heterocycles. The van der Waals surface area contributed by atoms with Crippen LogP contribution in [0.4, 0.5) is 13.2 Å². The standard InChI is InChI=1S/C23H29F3N4O2S/c1-29-20(16-7-10-31-11-8-16)27-28-21(29)33-12-2-9-30-14-18-13-22(18,15-30)17-3-5-19(6-4-17)32-23(24,25)26/h3-6,16,18H,2,7-15H2,1H3/t18-,22+/m1/s1. The lowest BCUT2D eigenvalue weighted by molar-refractivity contribution is -0.274. The second-order valence-corrected chi connectivity index (χ2v) is 10.4. The third kappa shape index (κ3) is 5.02. The lowest BCUT2D eigenvalue weighted by Gasteiger charge is -2.21. The second kappa shape index (κ2) is 9.11. The third-order valence-corrected chi connectivity index (χ3v) is 8.29. The highest BCUT2D eigenvalue weighted by Gasteiger charge is 2.60. The molecule has 5 rings (SSSR count). The molecule has 180 valence electrons. The van der Waals surface area contributed by atoms with Crippen molar-refractivity contribution < 1.29 is 22.6 Å². The van der Waals surface area contributed by atoms with Crippen molar-refractivity contribution in [1.29, 1.82) is 0 Å². The Balaban J connectivity index is 1.08. The van der Waals surface area contributed by atoms with E-state index in [1.54, 1.807) is 23.9 Å². The first-order valence-electron chi connectivity index (χ1n) is 11.5. The van der Waals surface area contributed by atoms with E-state index < -0.39 is 6.36 Å². The topological polar surface area (TPSA) is 52.4 Å². The number of hydrogen-bond donors (Lipinski definition) is 0. The average molecular weight is 483 g/mol. The molecule has 0 amide bonds. The molecule has 10 heteroatoms. The van der Waals surface area contributed by atoms with Gasteiger partial charge in [0.2, 0.25) is 0 Å². The molecule has 33 heavy (non-hydrogen) atoms. The zero-order valence-electron chi connectivity index (χ0n) is 18.7. The highest BCUT2D eigenvalue weighted by molar-refractivity contribution is 7.99. The van der Waals surface area contributed by atoms with Crippen LogP contribution < -0.4 is 4.74 Å². The van der Waals surface area contributed by atoms with Crippen molar-refractivity contribution in [2.24, 2.45) is 13.0 Å². The van der Waals surface area contributed by atoms with Gasteiger partial charge < -0.3 is 18.9 Å². The van der Waals surface area contributed by atoms with Crippen LogP contribution in [-0.2, 0) is 17.2 Å². The van der Waals surface area contributed by atoms with E-state index in [-0.39, 0.29) is 11.2 Å². The van der Waals surface area contributed by atoms with Crippen LogP contribution in [0.1, 0.15) is 43.0 Å². The van der Waals surface area contributed by atoms with Crippen molar-refractivity contribution >= 4 is 11.8 Å². The van der Waals surface area contributed by atoms with Crippen LogP contribution in [0.15, 0.2) is 29.4 Å². The number of fused-ring (bicyclic) bond motifs is 1. The van der Waals surface area contributed by atoms with Gasteiger partial charge >= 0.3 is 6.36 Å². The summed E-state index contributed by atoms with van der Waals surface area (Å²) in [4.78, 5) is 2.49. The minimum absolute atomic E-state index is 0.103. The maximum Gasteiger partial charge on any atom is 0.573 e. The number of alkyl halides is 3. The number of thioether (sulfide) groups is 1. The summed E-state index contributed by atoms with van der Waals surface area (Å²) < 4.78 is 48.8. The van der Waals surface area contributed by atoms with Crippen molar-refractivity contribution in [2.45, 2.75) is 48.5 Å². The molecule has 1 saturated carbocycles. The number of halogens is 3. The third-order valence-electron chi connectivity index (χ3n) is 7.18. The molecular weight excluding hydrogens is 453 g/mol. The fraction of sp³-hybridized carbons (Fsp3) is 0.652. The number of piperidine rings is 1. The van der Waals surface area contributed by atoms with Crippen LogP contribution in [-0.4, -0.2) is 64.6 Å². The van der Waals surface area contributed by atoms with Gasteiger partial charge in [0.05, 0.1) is 0 Å². The van der Waals surface area contributed by atoms with Crippen molar-refractivity contribution in [3.63, 3.8) is 0 Å². The van der Waals surface area contributed by atoms with Crippen LogP contribution in [0.3, 0.4) is 0 Å². The molecule has 1 aliphatic carbocycles. The normalized spacial score (nSPS) is 25.9. The summed E-state index contributed by atoms with van der Waals surface area (Å²) in [7, 11) is 2.05. The van der Waals surface area contributed by atoms with E-state index in [0.717, 1.165) is 80.8 Å². The Bertz CT molecular complexity index is 962. The van der Waals surface area contributed by atoms with Gasteiger partial charge in [0.25, 0.3) is 0 Å². The molecule has 0 unspecified atom stereocenters. The number of likely N-dealkylation sites (tertiary alicyclic amines) is 1. The molecule has 2 saturated heterocycles. The smallest absolute Gasteiger partial charge is 0.406 e. The van der Waals surface area contributed by atoms with E-state index in [9.17, 15) is 13.2 Å². The first-order valence-corrected chi connectivity index (χ1v) is 12.5. The fourth-order valence-corrected chi connectivity index (χ4v) is 6.25. The van der Waals surface area contributed by atoms with Crippen molar-refractivity contribution in [3.8, 4) is 5.75 Å². The molecule has 0 spiro atoms. The summed E-state index contributed by atoms with van der Waals surface area (Å²) in [6, 6.07) is 6.46. The summed E-state index contributed by atoms with van der Waals surface area (Å²) in [5.41, 5.74) is 1.23. The van der Waals surface area contributed by atoms with Gasteiger partial charge in [0.1, 0.15) is 11.6 Å². The highest BCUT2D eigenvalue weighted by atomic mass is 32.2. The Hall–Kier alpha value is -1.78. The van der Waals surface area contributed by atoms with Crippen molar-refractivity contribution in [2.75, 3.05) is 38.6 Å². The summed E-state index contributed by atoms with van der Waals surface area (Å²) >= 11 is 1.75. The number of nitrogens with zero attached hydrogens (tertiary/aromatic N) is 4. The summed E-state index contributed by atoms with van der Waals surface area (Å²) in [5, 5.41) is 9.81. The first kappa shape index (κ1) is 23.0. The maximum atomic E-state index is 12.4. The Morgan fingerprint density at radius 3 is 2.67 bits per heavy atom. The minimum Gasteiger partial charge on any atom is -0.406 e. The van der Waals surface area contributed by atoms with Gasteiger partial charge in [-0.05, 0) is 55.8 Å². The van der Waals surface area contributed by atoms with Crippen LogP contribution >= 0.6 is 11.8 Å². The summed E-state index contributed by atoms with van der Waals surface area (Å²) in [5.74, 6) is 2.93. The molecule has 2 aromatic rings. The first-order chi connectivity index (χ1) is 15.8. The van der Waals surface area contributed by atoms with E-state index in [2.05, 4.69) is 31.4 Å². The predicted molar refractivity (Wildman–Crippen MR) is 118 cm³/mol. The highest BCUT2D eigenvalue weighted by Crippen LogP contribution is 2.59. The number of rotatable bonds is 8. The molecular formula is C23H29F3N4O2S. The zero-order valence-corrected chi connectivity index (χ0v) is 19.5. The van der Waals surface area contributed by atoms with Crippen LogP contribution in [0.25, 0.3) is 0 Å². The molecule has 2 atom stereocenters. The van der Waals surface area contributed by atoms with Gasteiger partial charge in [-0.3, -0.25) is 0 Å². The number of ether oxygens (including phenoxy) is 2. The number of aromatic nitrogens is 3. The van der Waals surface area contributed by atoms with Gasteiger partial charge in [0.15, 0.2) is 5.16 Å². The van der Waals surface area contributed by atoms with Gasteiger partial charge in [-0.15, -0.1) is 23.4 Å². The molecule has 3 aliphatic rings. The van der Waals surface area contributed by atoms with Crippen LogP contribution in [0.2, 0.25) is 0 Å². The van der Waals surface area contributed by atoms with E-state index in [1.165, 1.54) is 12.1 Å². The van der Waals surface area contributed by atoms with Gasteiger partial charge in [-0.1, -0.05) is 23.9 Å². The lowest BCUT2D eigenvalue weighted by atomic mass is 9.95. The molecule has 3 heterocycles. The number of hydrogen-bond acceptors (Lipinski definition) is 6. The van der Waals surface area contributed by atoms with E-state index in [0.29, 0.717) is 11.8 Å². The summed E-state index contributed by atoms with van der Waals surface area (Å²) in [6.07, 6.45) is -0.461. The molecule has 6 nitrogen and oxygen atoms in total. The fourth-order valence-electron chi connectivity index (χ4n) is 5.41. The SMILES string of the molecule is Cn1c(SCCCN2C[C@H]3C[C@@]3(c3ccc(OC(F)(F)F)cc3)C2)nnc1C1CCOCC1. The van der Waals surface area contributed by atoms with Crippen LogP contribution in [0.5, 0.6) is 5.75 Å². The summed E-state index contributed by atoms with van der Waals surface area (Å²) in [6.45, 7) is 4.64. The minimum atomic E-state index is -4.65. The van der Waals surface area contributed by atoms with E-state index in [4.69, 9.17) is 4.74 Å². The Morgan fingerprint density at radius 2 is 1.94 bits per heavy atom. The lowest BCUT2D eigenvalue weighted by Crippen LogP contribution is -2.28. The van der Waals surface area contributed by atoms with Gasteiger partial charge in [-0.2, -0.15) is 0 Å². The molecule has 0 radical (unpaired) electrons. The number of benzene rings is 1. The molecule has 0 N–H and O–H groups in total. The maximum absolute atomic E-state index is 12.4. The Morgan fingerprint density at radius 1 is 1.18 bits per heavy atom. The van der Waals surface area contributed by atoms with Crippen LogP contribution in [0, 0.1) is 5.92 Å². The molecule has 1 aromatic carbocycles. The molecule has 0 bridgehead atoms. The zero-order chi connectivity index (χ0) is 23.1. The van der Waals surface area contributed by atoms with E-state index >= 15 is 0 Å². The average Bonchev–Trinajstić information content (AvgIpc) is 3.16. The van der Waals surface area contributed by atoms with Gasteiger partial charge in [-0.25, -0.2) is 0 Å². The van der Waals surface area contributed by atoms with Crippen molar-refractivity contribution in [3.05, 3.63) is 35.7 Å². The van der Waals surface area contributed by atoms with Gasteiger partial charge in [0, 0.05) is 50.4 Å². The largest absolute Gasteiger partial charge is 0.573 e. The monoisotopic (exact) mass is 482 g/mol. The Labute approximate surface area is 195 Å².